The molecule has 36 heavy (non-hydrogen) atoms. The molecule has 0 N–H and O–H groups in total. The van der Waals surface area contributed by atoms with Gasteiger partial charge < -0.3 is 24.0 Å². The molecule has 192 valence electrons. The second-order valence-electron chi connectivity index (χ2n) is 10.8. The Morgan fingerprint density at radius 3 is 2.44 bits per heavy atom. The first-order chi connectivity index (χ1) is 17.1. The van der Waals surface area contributed by atoms with Gasteiger partial charge in [-0.05, 0) is 69.2 Å². The fourth-order valence-electron chi connectivity index (χ4n) is 4.46. The van der Waals surface area contributed by atoms with Gasteiger partial charge in [0.05, 0.1) is 30.3 Å². The third-order valence-electron chi connectivity index (χ3n) is 6.46. The maximum Gasteiger partial charge on any atom is 0.410 e. The van der Waals surface area contributed by atoms with E-state index in [1.54, 1.807) is 36.1 Å². The van der Waals surface area contributed by atoms with Crippen LogP contribution in [0.25, 0.3) is 0 Å². The molecule has 0 atom stereocenters. The molecule has 1 spiro atoms. The van der Waals surface area contributed by atoms with Crippen molar-refractivity contribution < 1.29 is 23.4 Å². The molecule has 2 aromatic carbocycles. The molecule has 0 saturated carbocycles. The first-order valence-corrected chi connectivity index (χ1v) is 12.3. The normalized spacial score (nSPS) is 17.4. The molecule has 2 aliphatic rings. The summed E-state index contributed by atoms with van der Waals surface area (Å²) < 4.78 is 31.7. The number of rotatable bonds is 6. The van der Waals surface area contributed by atoms with E-state index in [9.17, 15) is 9.18 Å². The Balaban J connectivity index is 1.33. The molecule has 2 aliphatic heterocycles. The van der Waals surface area contributed by atoms with Crippen molar-refractivity contribution in [3.8, 4) is 6.07 Å². The summed E-state index contributed by atoms with van der Waals surface area (Å²) in [5.74, 6) is -0.225. The zero-order valence-corrected chi connectivity index (χ0v) is 21.4. The number of halogens is 1. The topological polar surface area (TPSA) is 75.0 Å². The third kappa shape index (κ3) is 6.34. The van der Waals surface area contributed by atoms with Crippen molar-refractivity contribution in [1.82, 2.24) is 4.90 Å². The van der Waals surface area contributed by atoms with E-state index in [2.05, 4.69) is 11.0 Å². The lowest BCUT2D eigenvalue weighted by atomic mass is 9.81. The summed E-state index contributed by atoms with van der Waals surface area (Å²) >= 11 is 0. The highest BCUT2D eigenvalue weighted by molar-refractivity contribution is 5.69. The minimum Gasteiger partial charge on any atom is -0.444 e. The van der Waals surface area contributed by atoms with Crippen LogP contribution in [0.15, 0.2) is 42.5 Å². The summed E-state index contributed by atoms with van der Waals surface area (Å²) in [7, 11) is 0. The Bertz CT molecular complexity index is 1110. The Kier molecular flexibility index (Phi) is 7.53. The Morgan fingerprint density at radius 1 is 1.19 bits per heavy atom. The van der Waals surface area contributed by atoms with E-state index >= 15 is 0 Å². The van der Waals surface area contributed by atoms with Crippen molar-refractivity contribution in [1.29, 1.82) is 5.26 Å². The summed E-state index contributed by atoms with van der Waals surface area (Å²) in [5.41, 5.74) is 2.31. The average Bonchev–Trinajstić information content (AvgIpc) is 2.82. The summed E-state index contributed by atoms with van der Waals surface area (Å²) in [4.78, 5) is 16.1. The van der Waals surface area contributed by atoms with Crippen LogP contribution in [0.2, 0.25) is 0 Å². The number of hydrogen-bond donors (Lipinski definition) is 0. The molecule has 2 aromatic rings. The maximum atomic E-state index is 14.2. The van der Waals surface area contributed by atoms with Gasteiger partial charge in [-0.3, -0.25) is 0 Å². The number of nitriles is 1. The highest BCUT2D eigenvalue weighted by atomic mass is 19.1. The lowest BCUT2D eigenvalue weighted by Crippen LogP contribution is -2.65. The molecule has 0 aliphatic carbocycles. The quantitative estimate of drug-likeness (QED) is 0.561. The van der Waals surface area contributed by atoms with Gasteiger partial charge >= 0.3 is 6.09 Å². The van der Waals surface area contributed by atoms with Crippen LogP contribution in [0.1, 0.15) is 43.9 Å². The third-order valence-corrected chi connectivity index (χ3v) is 6.46. The number of likely N-dealkylation sites (tertiary alicyclic amines) is 1. The van der Waals surface area contributed by atoms with Gasteiger partial charge in [0.1, 0.15) is 11.4 Å². The molecule has 0 unspecified atom stereocenters. The van der Waals surface area contributed by atoms with Crippen LogP contribution in [0.5, 0.6) is 0 Å². The summed E-state index contributed by atoms with van der Waals surface area (Å²) in [6, 6.07) is 14.8. The van der Waals surface area contributed by atoms with E-state index in [1.165, 1.54) is 0 Å². The number of carbonyl (C=O) groups is 1. The van der Waals surface area contributed by atoms with Crippen LogP contribution >= 0.6 is 0 Å². The van der Waals surface area contributed by atoms with Crippen LogP contribution in [-0.4, -0.2) is 55.7 Å². The Hall–Kier alpha value is -3.15. The number of anilines is 1. The Labute approximate surface area is 212 Å². The molecule has 4 rings (SSSR count). The van der Waals surface area contributed by atoms with Gasteiger partial charge in [-0.25, -0.2) is 9.18 Å². The lowest BCUT2D eigenvalue weighted by Gasteiger charge is -2.52. The molecule has 2 heterocycles. The molecule has 1 amide bonds. The maximum absolute atomic E-state index is 14.2. The highest BCUT2D eigenvalue weighted by Crippen LogP contribution is 2.36. The summed E-state index contributed by atoms with van der Waals surface area (Å²) in [6.45, 7) is 10.6. The van der Waals surface area contributed by atoms with Gasteiger partial charge in [0.2, 0.25) is 0 Å². The van der Waals surface area contributed by atoms with Crippen LogP contribution in [0, 0.1) is 29.5 Å². The van der Waals surface area contributed by atoms with Crippen molar-refractivity contribution >= 4 is 11.8 Å². The molecule has 0 bridgehead atoms. The van der Waals surface area contributed by atoms with E-state index in [0.717, 1.165) is 11.3 Å². The fourth-order valence-corrected chi connectivity index (χ4v) is 4.46. The molecule has 0 radical (unpaired) electrons. The Morgan fingerprint density at radius 2 is 1.86 bits per heavy atom. The summed E-state index contributed by atoms with van der Waals surface area (Å²) in [5, 5.41) is 9.13. The van der Waals surface area contributed by atoms with Gasteiger partial charge in [0.15, 0.2) is 6.29 Å². The molecule has 0 aromatic heterocycles. The van der Waals surface area contributed by atoms with Crippen LogP contribution in [-0.2, 0) is 20.8 Å². The van der Waals surface area contributed by atoms with E-state index in [4.69, 9.17) is 19.5 Å². The van der Waals surface area contributed by atoms with Crippen LogP contribution in [0.3, 0.4) is 0 Å². The molecular formula is C28H34FN3O4. The van der Waals surface area contributed by atoms with Crippen molar-refractivity contribution in [3.63, 3.8) is 0 Å². The van der Waals surface area contributed by atoms with Crippen LogP contribution in [0.4, 0.5) is 14.9 Å². The largest absolute Gasteiger partial charge is 0.444 e. The predicted molar refractivity (Wildman–Crippen MR) is 134 cm³/mol. The monoisotopic (exact) mass is 495 g/mol. The molecule has 7 nitrogen and oxygen atoms in total. The van der Waals surface area contributed by atoms with E-state index in [0.29, 0.717) is 56.9 Å². The summed E-state index contributed by atoms with van der Waals surface area (Å²) in [6.07, 6.45) is -0.0390. The van der Waals surface area contributed by atoms with Crippen LogP contribution < -0.4 is 4.90 Å². The standard InChI is InChI=1S/C28H34FN3O4/c1-20-5-6-22(13-24(20)29)15-31(23-9-7-21(14-30)8-10-23)12-11-25-34-18-28(19-35-25)16-32(17-28)26(33)36-27(2,3)4/h5-10,13,25H,11-12,15-19H2,1-4H3. The minimum atomic E-state index is -0.518. The SMILES string of the molecule is Cc1ccc(CN(CCC2OCC3(CO2)CN(C(=O)OC(C)(C)C)C3)c2ccc(C#N)cc2)cc1F. The van der Waals surface area contributed by atoms with Crippen molar-refractivity contribution in [2.45, 2.75) is 52.6 Å². The van der Waals surface area contributed by atoms with Crippen molar-refractivity contribution in [3.05, 3.63) is 65.0 Å². The smallest absolute Gasteiger partial charge is 0.410 e. The number of aryl methyl sites for hydroxylation is 1. The first-order valence-electron chi connectivity index (χ1n) is 12.3. The number of carbonyl (C=O) groups excluding carboxylic acids is 1. The second-order valence-corrected chi connectivity index (χ2v) is 10.8. The highest BCUT2D eigenvalue weighted by Gasteiger charge is 2.49. The van der Waals surface area contributed by atoms with E-state index < -0.39 is 5.60 Å². The second kappa shape index (κ2) is 10.5. The number of hydrogen-bond acceptors (Lipinski definition) is 6. The zero-order valence-electron chi connectivity index (χ0n) is 21.4. The van der Waals surface area contributed by atoms with Crippen molar-refractivity contribution in [2.24, 2.45) is 5.41 Å². The fraction of sp³-hybridized carbons (Fsp3) is 0.500. The van der Waals surface area contributed by atoms with Crippen molar-refractivity contribution in [2.75, 3.05) is 37.7 Å². The van der Waals surface area contributed by atoms with Gasteiger partial charge in [0.25, 0.3) is 0 Å². The number of ether oxygens (including phenoxy) is 3. The molecule has 8 heteroatoms. The minimum absolute atomic E-state index is 0.181. The first kappa shape index (κ1) is 25.9. The van der Waals surface area contributed by atoms with Gasteiger partial charge in [-0.1, -0.05) is 12.1 Å². The van der Waals surface area contributed by atoms with Gasteiger partial charge in [-0.15, -0.1) is 0 Å². The number of benzene rings is 2. The molecule has 2 saturated heterocycles. The zero-order chi connectivity index (χ0) is 25.9. The predicted octanol–water partition coefficient (Wildman–Crippen LogP) is 5.01. The lowest BCUT2D eigenvalue weighted by molar-refractivity contribution is -0.254. The van der Waals surface area contributed by atoms with Gasteiger partial charge in [0, 0.05) is 38.3 Å². The van der Waals surface area contributed by atoms with E-state index in [-0.39, 0.29) is 23.6 Å². The average molecular weight is 496 g/mol. The number of amides is 1. The number of nitrogens with zero attached hydrogens (tertiary/aromatic N) is 3. The molecular weight excluding hydrogens is 461 g/mol. The molecule has 2 fully saturated rings. The van der Waals surface area contributed by atoms with E-state index in [1.807, 2.05) is 39.0 Å². The van der Waals surface area contributed by atoms with Gasteiger partial charge in [-0.2, -0.15) is 5.26 Å².